The number of aliphatic imine (C=N–C) groups is 1. The summed E-state index contributed by atoms with van der Waals surface area (Å²) >= 11 is 4.90. The molecule has 3 aliphatic heterocycles. The van der Waals surface area contributed by atoms with E-state index in [9.17, 15) is 8.42 Å². The Bertz CT molecular complexity index is 1050. The van der Waals surface area contributed by atoms with Crippen molar-refractivity contribution in [1.82, 2.24) is 5.32 Å². The fraction of sp³-hybridized carbons (Fsp3) is 0.526. The molecule has 29 heavy (non-hydrogen) atoms. The van der Waals surface area contributed by atoms with E-state index >= 15 is 0 Å². The predicted octanol–water partition coefficient (Wildman–Crippen LogP) is 3.55. The lowest BCUT2D eigenvalue weighted by Gasteiger charge is -2.32. The van der Waals surface area contributed by atoms with Gasteiger partial charge in [-0.25, -0.2) is 8.42 Å². The van der Waals surface area contributed by atoms with Crippen LogP contribution in [0, 0.1) is 6.92 Å². The van der Waals surface area contributed by atoms with Crippen molar-refractivity contribution in [2.75, 3.05) is 36.3 Å². The molecule has 6 nitrogen and oxygen atoms in total. The first-order valence-electron chi connectivity index (χ1n) is 9.75. The van der Waals surface area contributed by atoms with Crippen LogP contribution in [0.25, 0.3) is 0 Å². The van der Waals surface area contributed by atoms with Gasteiger partial charge in [0, 0.05) is 28.0 Å². The molecule has 5 heterocycles. The van der Waals surface area contributed by atoms with E-state index in [0.29, 0.717) is 4.21 Å². The van der Waals surface area contributed by atoms with Crippen molar-refractivity contribution < 1.29 is 8.42 Å². The lowest BCUT2D eigenvalue weighted by Crippen LogP contribution is -2.40. The molecule has 0 radical (unpaired) electrons. The summed E-state index contributed by atoms with van der Waals surface area (Å²) < 4.78 is 28.2. The largest absolute Gasteiger partial charge is 0.373 e. The van der Waals surface area contributed by atoms with Crippen molar-refractivity contribution in [3.63, 3.8) is 0 Å². The average molecular weight is 469 g/mol. The van der Waals surface area contributed by atoms with E-state index in [1.54, 1.807) is 35.9 Å². The van der Waals surface area contributed by atoms with Gasteiger partial charge in [0.25, 0.3) is 10.0 Å². The highest BCUT2D eigenvalue weighted by molar-refractivity contribution is 8.15. The van der Waals surface area contributed by atoms with E-state index in [1.807, 2.05) is 18.7 Å². The molecule has 5 rings (SSSR count). The second-order valence-corrected chi connectivity index (χ2v) is 13.7. The minimum Gasteiger partial charge on any atom is -0.373 e. The van der Waals surface area contributed by atoms with Gasteiger partial charge in [-0.2, -0.15) is 0 Å². The summed E-state index contributed by atoms with van der Waals surface area (Å²) in [5, 5.41) is 10.0. The van der Waals surface area contributed by atoms with Crippen LogP contribution in [0.5, 0.6) is 0 Å². The molecule has 1 atom stereocenters. The molecule has 0 amide bonds. The third kappa shape index (κ3) is 3.33. The second-order valence-electron chi connectivity index (χ2n) is 7.80. The van der Waals surface area contributed by atoms with Gasteiger partial charge in [0.2, 0.25) is 0 Å². The zero-order chi connectivity index (χ0) is 20.2. The van der Waals surface area contributed by atoms with Crippen LogP contribution in [-0.2, 0) is 16.4 Å². The third-order valence-electron chi connectivity index (χ3n) is 5.92. The van der Waals surface area contributed by atoms with E-state index in [0.717, 1.165) is 55.1 Å². The van der Waals surface area contributed by atoms with E-state index in [-0.39, 0.29) is 10.8 Å². The molecular formula is C19H24N4O2S4. The highest BCUT2D eigenvalue weighted by Crippen LogP contribution is 2.48. The summed E-state index contributed by atoms with van der Waals surface area (Å²) in [7, 11) is -1.89. The molecule has 1 spiro atoms. The van der Waals surface area contributed by atoms with Gasteiger partial charge in [-0.15, -0.1) is 34.4 Å². The molecule has 1 fully saturated rings. The number of nitrogens with zero attached hydrogens (tertiary/aromatic N) is 2. The van der Waals surface area contributed by atoms with Crippen LogP contribution in [0.1, 0.15) is 22.6 Å². The zero-order valence-corrected chi connectivity index (χ0v) is 19.7. The lowest BCUT2D eigenvalue weighted by molar-refractivity contribution is 0.426. The van der Waals surface area contributed by atoms with Crippen LogP contribution in [0.4, 0.5) is 11.4 Å². The fourth-order valence-electron chi connectivity index (χ4n) is 4.32. The van der Waals surface area contributed by atoms with Gasteiger partial charge in [-0.05, 0) is 44.3 Å². The summed E-state index contributed by atoms with van der Waals surface area (Å²) in [6.07, 6.45) is 3.20. The Labute approximate surface area is 183 Å². The highest BCUT2D eigenvalue weighted by Gasteiger charge is 2.42. The van der Waals surface area contributed by atoms with Crippen molar-refractivity contribution >= 4 is 60.9 Å². The Morgan fingerprint density at radius 3 is 2.83 bits per heavy atom. The Morgan fingerprint density at radius 2 is 2.10 bits per heavy atom. The smallest absolute Gasteiger partial charge is 0.273 e. The first-order valence-corrected chi connectivity index (χ1v) is 13.7. The third-order valence-corrected chi connectivity index (χ3v) is 11.8. The molecule has 0 bridgehead atoms. The van der Waals surface area contributed by atoms with Crippen molar-refractivity contribution in [3.8, 4) is 0 Å². The number of rotatable bonds is 4. The van der Waals surface area contributed by atoms with E-state index in [2.05, 4.69) is 10.6 Å². The van der Waals surface area contributed by atoms with E-state index in [4.69, 9.17) is 4.99 Å². The van der Waals surface area contributed by atoms with Crippen molar-refractivity contribution in [2.45, 2.75) is 41.2 Å². The topological polar surface area (TPSA) is 73.8 Å². The summed E-state index contributed by atoms with van der Waals surface area (Å²) in [5.41, 5.74) is 1.75. The molecule has 0 aromatic carbocycles. The normalized spacial score (nSPS) is 23.1. The minimum absolute atomic E-state index is 0.160. The summed E-state index contributed by atoms with van der Waals surface area (Å²) in [6, 6.07) is 3.60. The van der Waals surface area contributed by atoms with Crippen LogP contribution in [0.2, 0.25) is 0 Å². The molecule has 156 valence electrons. The zero-order valence-electron chi connectivity index (χ0n) is 16.4. The van der Waals surface area contributed by atoms with Crippen molar-refractivity contribution in [3.05, 3.63) is 27.3 Å². The van der Waals surface area contributed by atoms with Gasteiger partial charge in [0.1, 0.15) is 4.21 Å². The Balaban J connectivity index is 1.38. The van der Waals surface area contributed by atoms with Crippen LogP contribution in [-0.4, -0.2) is 50.9 Å². The van der Waals surface area contributed by atoms with Gasteiger partial charge in [0.05, 0.1) is 29.0 Å². The number of hydrogen-bond donors (Lipinski definition) is 2. The first kappa shape index (κ1) is 19.9. The van der Waals surface area contributed by atoms with Crippen LogP contribution >= 0.6 is 34.4 Å². The molecule has 0 saturated carbocycles. The number of anilines is 2. The number of hydrogen-bond acceptors (Lipinski definition) is 8. The second kappa shape index (κ2) is 7.26. The molecule has 3 aliphatic rings. The number of nitrogens with one attached hydrogen (secondary N) is 2. The highest BCUT2D eigenvalue weighted by atomic mass is 32.2. The van der Waals surface area contributed by atoms with E-state index in [1.165, 1.54) is 25.6 Å². The summed E-state index contributed by atoms with van der Waals surface area (Å²) in [4.78, 5) is 7.16. The molecule has 1 unspecified atom stereocenters. The maximum absolute atomic E-state index is 13.1. The molecule has 2 aromatic rings. The number of fused-ring (bicyclic) bond motifs is 1. The number of thioether (sulfide) groups is 1. The SMILES string of the molecule is Cc1sc2c(c1N(C)S(=O)(=O)c1cccs1)NC(C1=NCC3(CCNCC3)S1)C2. The number of aryl methyl sites for hydroxylation is 1. The molecule has 0 aliphatic carbocycles. The fourth-order valence-corrected chi connectivity index (χ4v) is 9.41. The quantitative estimate of drug-likeness (QED) is 0.718. The molecule has 10 heteroatoms. The maximum atomic E-state index is 13.1. The molecular weight excluding hydrogens is 445 g/mol. The van der Waals surface area contributed by atoms with Gasteiger partial charge in [-0.3, -0.25) is 9.30 Å². The predicted molar refractivity (Wildman–Crippen MR) is 125 cm³/mol. The van der Waals surface area contributed by atoms with Gasteiger partial charge in [0.15, 0.2) is 0 Å². The lowest BCUT2D eigenvalue weighted by atomic mass is 9.97. The van der Waals surface area contributed by atoms with Crippen LogP contribution < -0.4 is 14.9 Å². The number of piperidine rings is 1. The van der Waals surface area contributed by atoms with Gasteiger partial charge < -0.3 is 10.6 Å². The van der Waals surface area contributed by atoms with Crippen molar-refractivity contribution in [1.29, 1.82) is 0 Å². The number of thiophene rings is 2. The Morgan fingerprint density at radius 1 is 1.31 bits per heavy atom. The Kier molecular flexibility index (Phi) is 4.98. The maximum Gasteiger partial charge on any atom is 0.273 e. The molecule has 2 aromatic heterocycles. The van der Waals surface area contributed by atoms with Crippen LogP contribution in [0.15, 0.2) is 26.7 Å². The van der Waals surface area contributed by atoms with E-state index < -0.39 is 10.0 Å². The van der Waals surface area contributed by atoms with Gasteiger partial charge >= 0.3 is 0 Å². The minimum atomic E-state index is -3.55. The molecule has 2 N–H and O–H groups in total. The summed E-state index contributed by atoms with van der Waals surface area (Å²) in [5.74, 6) is 0. The number of sulfonamides is 1. The van der Waals surface area contributed by atoms with Gasteiger partial charge in [-0.1, -0.05) is 6.07 Å². The standard InChI is InChI=1S/C19H24N4O2S4/c1-12-17(23(2)29(24,25)15-4-3-9-26-15)16-14(27-12)10-13(22-16)18-21-11-19(28-18)5-7-20-8-6-19/h3-4,9,13,20,22H,5-8,10-11H2,1-2H3. The Hall–Kier alpha value is -1.07. The summed E-state index contributed by atoms with van der Waals surface area (Å²) in [6.45, 7) is 5.03. The van der Waals surface area contributed by atoms with Crippen LogP contribution in [0.3, 0.4) is 0 Å². The van der Waals surface area contributed by atoms with Crippen molar-refractivity contribution in [2.24, 2.45) is 4.99 Å². The first-order chi connectivity index (χ1) is 13.9. The molecule has 1 saturated heterocycles. The average Bonchev–Trinajstić information content (AvgIpc) is 3.46. The monoisotopic (exact) mass is 468 g/mol.